The fraction of sp³-hybridized carbons (Fsp3) is 0.550. The maximum atomic E-state index is 13.9. The fourth-order valence-electron chi connectivity index (χ4n) is 4.73. The number of hydrogen-bond donors (Lipinski definition) is 0. The van der Waals surface area contributed by atoms with E-state index in [9.17, 15) is 12.8 Å². The molecule has 0 aliphatic carbocycles. The molecule has 30 heavy (non-hydrogen) atoms. The van der Waals surface area contributed by atoms with Crippen molar-refractivity contribution in [3.63, 3.8) is 0 Å². The monoisotopic (exact) mass is 454 g/mol. The molecule has 0 radical (unpaired) electrons. The van der Waals surface area contributed by atoms with E-state index in [1.165, 1.54) is 25.6 Å². The van der Waals surface area contributed by atoms with Crippen molar-refractivity contribution in [3.8, 4) is 0 Å². The minimum atomic E-state index is -3.69. The van der Waals surface area contributed by atoms with Crippen molar-refractivity contribution in [1.29, 1.82) is 0 Å². The lowest BCUT2D eigenvalue weighted by molar-refractivity contribution is 0.100. The average molecular weight is 455 g/mol. The summed E-state index contributed by atoms with van der Waals surface area (Å²) in [7, 11) is -0.431. The van der Waals surface area contributed by atoms with Gasteiger partial charge in [0, 0.05) is 44.7 Å². The molecule has 10 heteroatoms. The van der Waals surface area contributed by atoms with Gasteiger partial charge in [0.1, 0.15) is 5.82 Å². The molecule has 0 unspecified atom stereocenters. The Morgan fingerprint density at radius 2 is 2.20 bits per heavy atom. The summed E-state index contributed by atoms with van der Waals surface area (Å²) in [5.74, 6) is -0.436. The molecule has 4 rings (SSSR count). The first-order chi connectivity index (χ1) is 14.3. The van der Waals surface area contributed by atoms with Crippen LogP contribution in [0.1, 0.15) is 30.3 Å². The van der Waals surface area contributed by atoms with Gasteiger partial charge >= 0.3 is 10.2 Å². The minimum absolute atomic E-state index is 0.161. The highest BCUT2D eigenvalue weighted by molar-refractivity contribution is 7.90. The topological polar surface area (TPSA) is 66.0 Å². The molecule has 0 bridgehead atoms. The highest BCUT2D eigenvalue weighted by Crippen LogP contribution is 2.44. The predicted molar refractivity (Wildman–Crippen MR) is 115 cm³/mol. The summed E-state index contributed by atoms with van der Waals surface area (Å²) in [5.41, 5.74) is 2.61. The van der Waals surface area contributed by atoms with Gasteiger partial charge in [-0.2, -0.15) is 12.7 Å². The van der Waals surface area contributed by atoms with E-state index in [0.29, 0.717) is 31.7 Å². The summed E-state index contributed by atoms with van der Waals surface area (Å²) in [6, 6.07) is 6.04. The van der Waals surface area contributed by atoms with Crippen molar-refractivity contribution >= 4 is 27.2 Å². The number of halogens is 1. The van der Waals surface area contributed by atoms with Crippen LogP contribution in [0.2, 0.25) is 0 Å². The van der Waals surface area contributed by atoms with Crippen LogP contribution >= 0.6 is 11.3 Å². The van der Waals surface area contributed by atoms with Gasteiger partial charge < -0.3 is 4.74 Å². The first-order valence-electron chi connectivity index (χ1n) is 9.93. The van der Waals surface area contributed by atoms with E-state index < -0.39 is 21.6 Å². The van der Waals surface area contributed by atoms with Gasteiger partial charge in [-0.25, -0.2) is 9.37 Å². The number of nitrogens with zero attached hydrogens (tertiary/aromatic N) is 4. The number of benzene rings is 1. The van der Waals surface area contributed by atoms with Crippen molar-refractivity contribution in [2.45, 2.75) is 44.5 Å². The second-order valence-electron chi connectivity index (χ2n) is 8.16. The van der Waals surface area contributed by atoms with Crippen LogP contribution in [0, 0.1) is 5.82 Å². The molecular formula is C20H27FN4O3S2. The molecule has 7 nitrogen and oxygen atoms in total. The SMILES string of the molecule is COCc1ncsc1CN1CC[C@@]2(C[C@@H]1C)CN(C)S(=O)(=O)N2c1cccc(F)c1. The van der Waals surface area contributed by atoms with E-state index in [1.54, 1.807) is 37.6 Å². The molecule has 164 valence electrons. The summed E-state index contributed by atoms with van der Waals surface area (Å²) in [4.78, 5) is 7.94. The van der Waals surface area contributed by atoms with Gasteiger partial charge in [-0.3, -0.25) is 9.21 Å². The molecule has 0 saturated carbocycles. The molecule has 2 aliphatic heterocycles. The van der Waals surface area contributed by atoms with Crippen LogP contribution in [0.4, 0.5) is 10.1 Å². The van der Waals surface area contributed by atoms with Gasteiger partial charge in [0.05, 0.1) is 29.0 Å². The highest BCUT2D eigenvalue weighted by Gasteiger charge is 2.55. The number of likely N-dealkylation sites (N-methyl/N-ethyl adjacent to an activating group) is 1. The summed E-state index contributed by atoms with van der Waals surface area (Å²) in [6.07, 6.45) is 1.35. The lowest BCUT2D eigenvalue weighted by Gasteiger charge is -2.47. The van der Waals surface area contributed by atoms with Crippen LogP contribution in [0.5, 0.6) is 0 Å². The van der Waals surface area contributed by atoms with Gasteiger partial charge in [0.25, 0.3) is 0 Å². The first-order valence-corrected chi connectivity index (χ1v) is 12.2. The third-order valence-electron chi connectivity index (χ3n) is 6.13. The van der Waals surface area contributed by atoms with Gasteiger partial charge in [0.2, 0.25) is 0 Å². The summed E-state index contributed by atoms with van der Waals surface area (Å²) in [6.45, 7) is 4.54. The Bertz CT molecular complexity index is 1010. The summed E-state index contributed by atoms with van der Waals surface area (Å²) >= 11 is 1.62. The summed E-state index contributed by atoms with van der Waals surface area (Å²) in [5, 5.41) is 0. The Labute approximate surface area is 181 Å². The zero-order valence-electron chi connectivity index (χ0n) is 17.4. The molecule has 1 spiro atoms. The van der Waals surface area contributed by atoms with Crippen LogP contribution in [0.3, 0.4) is 0 Å². The molecule has 2 saturated heterocycles. The smallest absolute Gasteiger partial charge is 0.304 e. The zero-order valence-corrected chi connectivity index (χ0v) is 19.0. The number of piperidine rings is 1. The molecule has 2 fully saturated rings. The average Bonchev–Trinajstić information content (AvgIpc) is 3.18. The maximum absolute atomic E-state index is 13.9. The van der Waals surface area contributed by atoms with Crippen molar-refractivity contribution < 1.29 is 17.5 Å². The number of aromatic nitrogens is 1. The maximum Gasteiger partial charge on any atom is 0.304 e. The standard InChI is InChI=1S/C20H27FN4O3S2/c1-15-10-20(7-8-24(15)11-19-18(12-28-3)22-14-29-19)13-23(2)30(26,27)25(20)17-6-4-5-16(21)9-17/h4-6,9,14-15H,7-8,10-13H2,1-3H3/t15-,20+/m0/s1. The largest absolute Gasteiger partial charge is 0.378 e. The van der Waals surface area contributed by atoms with Crippen LogP contribution in [0.15, 0.2) is 29.8 Å². The third-order valence-corrected chi connectivity index (χ3v) is 8.97. The molecule has 2 aromatic rings. The van der Waals surface area contributed by atoms with E-state index in [2.05, 4.69) is 16.8 Å². The van der Waals surface area contributed by atoms with E-state index in [-0.39, 0.29) is 6.04 Å². The second kappa shape index (κ2) is 8.16. The molecule has 2 aliphatic rings. The van der Waals surface area contributed by atoms with Gasteiger partial charge in [-0.05, 0) is 38.0 Å². The van der Waals surface area contributed by atoms with E-state index in [4.69, 9.17) is 4.74 Å². The van der Waals surface area contributed by atoms with Gasteiger partial charge in [0.15, 0.2) is 0 Å². The predicted octanol–water partition coefficient (Wildman–Crippen LogP) is 2.85. The van der Waals surface area contributed by atoms with E-state index in [0.717, 1.165) is 18.8 Å². The van der Waals surface area contributed by atoms with E-state index in [1.807, 2.05) is 5.51 Å². The van der Waals surface area contributed by atoms with Crippen LogP contribution < -0.4 is 4.31 Å². The molecular weight excluding hydrogens is 427 g/mol. The Morgan fingerprint density at radius 3 is 2.90 bits per heavy atom. The molecule has 2 atom stereocenters. The van der Waals surface area contributed by atoms with Crippen molar-refractivity contribution in [3.05, 3.63) is 46.2 Å². The van der Waals surface area contributed by atoms with Gasteiger partial charge in [-0.15, -0.1) is 11.3 Å². The molecule has 3 heterocycles. The second-order valence-corrected chi connectivity index (χ2v) is 11.0. The Morgan fingerprint density at radius 1 is 1.40 bits per heavy atom. The fourth-order valence-corrected chi connectivity index (χ4v) is 7.30. The molecule has 1 aromatic heterocycles. The Hall–Kier alpha value is -1.59. The Kier molecular flexibility index (Phi) is 5.88. The molecule has 0 amide bonds. The zero-order chi connectivity index (χ0) is 21.5. The van der Waals surface area contributed by atoms with Gasteiger partial charge in [-0.1, -0.05) is 6.07 Å². The molecule has 0 N–H and O–H groups in total. The normalized spacial score (nSPS) is 27.2. The van der Waals surface area contributed by atoms with E-state index >= 15 is 0 Å². The van der Waals surface area contributed by atoms with Crippen LogP contribution in [0.25, 0.3) is 0 Å². The van der Waals surface area contributed by atoms with Crippen molar-refractivity contribution in [1.82, 2.24) is 14.2 Å². The summed E-state index contributed by atoms with van der Waals surface area (Å²) < 4.78 is 48.3. The van der Waals surface area contributed by atoms with Crippen LogP contribution in [-0.4, -0.2) is 61.4 Å². The number of thiazole rings is 1. The van der Waals surface area contributed by atoms with Crippen LogP contribution in [-0.2, 0) is 28.1 Å². The quantitative estimate of drug-likeness (QED) is 0.695. The number of methoxy groups -OCH3 is 1. The number of hydrogen-bond acceptors (Lipinski definition) is 6. The number of rotatable bonds is 5. The lowest BCUT2D eigenvalue weighted by Crippen LogP contribution is -2.57. The number of ether oxygens (including phenoxy) is 1. The Balaban J connectivity index is 1.60. The lowest BCUT2D eigenvalue weighted by atomic mass is 9.83. The van der Waals surface area contributed by atoms with Crippen molar-refractivity contribution in [2.75, 3.05) is 31.6 Å². The number of anilines is 1. The first kappa shape index (κ1) is 21.6. The third kappa shape index (κ3) is 3.75. The minimum Gasteiger partial charge on any atom is -0.378 e. The highest BCUT2D eigenvalue weighted by atomic mass is 32.2. The van der Waals surface area contributed by atoms with Crippen molar-refractivity contribution in [2.24, 2.45) is 0 Å². The molecule has 1 aromatic carbocycles. The number of likely N-dealkylation sites (tertiary alicyclic amines) is 1.